The summed E-state index contributed by atoms with van der Waals surface area (Å²) in [5.74, 6) is 0.208. The van der Waals surface area contributed by atoms with Crippen LogP contribution >= 0.6 is 0 Å². The molecule has 0 radical (unpaired) electrons. The van der Waals surface area contributed by atoms with Gasteiger partial charge in [0.1, 0.15) is 5.69 Å². The highest BCUT2D eigenvalue weighted by Crippen LogP contribution is 2.24. The number of nitrogens with zero attached hydrogens (tertiary/aromatic N) is 5. The Labute approximate surface area is 131 Å². The minimum atomic E-state index is -0.469. The molecule has 3 rings (SSSR count). The number of nitrogens with one attached hydrogen (secondary N) is 1. The minimum Gasteiger partial charge on any atom is -0.356 e. The summed E-state index contributed by atoms with van der Waals surface area (Å²) in [7, 11) is 0. The molecule has 23 heavy (non-hydrogen) atoms. The molecule has 0 fully saturated rings. The third kappa shape index (κ3) is 3.15. The van der Waals surface area contributed by atoms with E-state index in [4.69, 9.17) is 0 Å². The maximum absolute atomic E-state index is 11.0. The smallest absolute Gasteiger partial charge is 0.311 e. The number of para-hydroxylation sites is 1. The van der Waals surface area contributed by atoms with Gasteiger partial charge in [-0.1, -0.05) is 23.4 Å². The van der Waals surface area contributed by atoms with Gasteiger partial charge < -0.3 is 5.32 Å². The lowest BCUT2D eigenvalue weighted by Gasteiger charge is -2.11. The molecule has 2 heterocycles. The molecule has 0 aliphatic rings. The molecule has 0 aliphatic heterocycles. The molecule has 0 aliphatic carbocycles. The zero-order chi connectivity index (χ0) is 16.2. The van der Waals surface area contributed by atoms with Crippen molar-refractivity contribution in [1.29, 1.82) is 0 Å². The molecular formula is C15H14N6O2. The molecule has 0 spiro atoms. The highest BCUT2D eigenvalue weighted by molar-refractivity contribution is 5.55. The van der Waals surface area contributed by atoms with Crippen molar-refractivity contribution in [2.24, 2.45) is 0 Å². The second-order valence-corrected chi connectivity index (χ2v) is 4.92. The van der Waals surface area contributed by atoms with E-state index in [0.717, 1.165) is 5.69 Å². The largest absolute Gasteiger partial charge is 0.356 e. The predicted octanol–water partition coefficient (Wildman–Crippen LogP) is 2.74. The fourth-order valence-corrected chi connectivity index (χ4v) is 2.12. The lowest BCUT2D eigenvalue weighted by Crippen LogP contribution is -2.10. The number of nitro groups is 1. The van der Waals surface area contributed by atoms with Gasteiger partial charge >= 0.3 is 5.69 Å². The first-order valence-electron chi connectivity index (χ1n) is 6.99. The van der Waals surface area contributed by atoms with E-state index in [2.05, 4.69) is 20.6 Å². The van der Waals surface area contributed by atoms with Gasteiger partial charge in [0.25, 0.3) is 0 Å². The molecule has 116 valence electrons. The zero-order valence-electron chi connectivity index (χ0n) is 12.3. The van der Waals surface area contributed by atoms with E-state index >= 15 is 0 Å². The number of hydrogen-bond acceptors (Lipinski definition) is 6. The number of pyridine rings is 1. The Kier molecular flexibility index (Phi) is 3.96. The predicted molar refractivity (Wildman–Crippen MR) is 84.3 cm³/mol. The summed E-state index contributed by atoms with van der Waals surface area (Å²) in [5.41, 5.74) is 1.48. The second kappa shape index (κ2) is 6.22. The highest BCUT2D eigenvalue weighted by Gasteiger charge is 2.18. The van der Waals surface area contributed by atoms with Gasteiger partial charge in [0, 0.05) is 12.3 Å². The number of benzene rings is 1. The van der Waals surface area contributed by atoms with Crippen LogP contribution < -0.4 is 5.32 Å². The van der Waals surface area contributed by atoms with E-state index in [1.165, 1.54) is 18.3 Å². The van der Waals surface area contributed by atoms with Crippen LogP contribution in [0.15, 0.2) is 54.9 Å². The van der Waals surface area contributed by atoms with E-state index < -0.39 is 4.92 Å². The Bertz CT molecular complexity index is 818. The van der Waals surface area contributed by atoms with Gasteiger partial charge in [-0.2, -0.15) is 0 Å². The molecular weight excluding hydrogens is 296 g/mol. The molecule has 1 aromatic carbocycles. The standard InChI is InChI=1S/C15H14N6O2/c1-11(17-15-14(21(22)23)8-5-9-16-15)13-10-20(19-18-13)12-6-3-2-4-7-12/h2-11H,1H3,(H,16,17). The first kappa shape index (κ1) is 14.6. The van der Waals surface area contributed by atoms with Crippen molar-refractivity contribution in [3.05, 3.63) is 70.7 Å². The molecule has 0 amide bonds. The number of hydrogen-bond donors (Lipinski definition) is 1. The minimum absolute atomic E-state index is 0.0743. The van der Waals surface area contributed by atoms with Gasteiger partial charge in [0.05, 0.1) is 22.8 Å². The van der Waals surface area contributed by atoms with Gasteiger partial charge in [-0.3, -0.25) is 10.1 Å². The Morgan fingerprint density at radius 3 is 2.74 bits per heavy atom. The molecule has 3 aromatic rings. The average molecular weight is 310 g/mol. The van der Waals surface area contributed by atoms with Gasteiger partial charge in [-0.05, 0) is 25.1 Å². The van der Waals surface area contributed by atoms with Crippen molar-refractivity contribution in [3.63, 3.8) is 0 Å². The van der Waals surface area contributed by atoms with E-state index in [-0.39, 0.29) is 17.5 Å². The lowest BCUT2D eigenvalue weighted by molar-refractivity contribution is -0.384. The van der Waals surface area contributed by atoms with Gasteiger partial charge in [0.2, 0.25) is 5.82 Å². The van der Waals surface area contributed by atoms with Crippen molar-refractivity contribution in [2.75, 3.05) is 5.32 Å². The molecule has 8 nitrogen and oxygen atoms in total. The average Bonchev–Trinajstić information content (AvgIpc) is 3.06. The molecule has 8 heteroatoms. The van der Waals surface area contributed by atoms with Crippen LogP contribution in [-0.4, -0.2) is 24.9 Å². The fourth-order valence-electron chi connectivity index (χ4n) is 2.12. The van der Waals surface area contributed by atoms with E-state index in [1.807, 2.05) is 37.3 Å². The van der Waals surface area contributed by atoms with Crippen LogP contribution in [0, 0.1) is 10.1 Å². The summed E-state index contributed by atoms with van der Waals surface area (Å²) in [4.78, 5) is 14.6. The quantitative estimate of drug-likeness (QED) is 0.574. The third-order valence-corrected chi connectivity index (χ3v) is 3.31. The van der Waals surface area contributed by atoms with Crippen molar-refractivity contribution < 1.29 is 4.92 Å². The van der Waals surface area contributed by atoms with Gasteiger partial charge in [0.15, 0.2) is 0 Å². The first-order valence-corrected chi connectivity index (χ1v) is 6.99. The van der Waals surface area contributed by atoms with Gasteiger partial charge in [-0.15, -0.1) is 5.10 Å². The van der Waals surface area contributed by atoms with E-state index in [0.29, 0.717) is 5.69 Å². The lowest BCUT2D eigenvalue weighted by atomic mass is 10.2. The molecule has 0 saturated carbocycles. The van der Waals surface area contributed by atoms with Crippen LogP contribution in [0.3, 0.4) is 0 Å². The van der Waals surface area contributed by atoms with Crippen LogP contribution in [0.2, 0.25) is 0 Å². The monoisotopic (exact) mass is 310 g/mol. The fraction of sp³-hybridized carbons (Fsp3) is 0.133. The Balaban J connectivity index is 1.81. The second-order valence-electron chi connectivity index (χ2n) is 4.92. The molecule has 0 bridgehead atoms. The van der Waals surface area contributed by atoms with Gasteiger partial charge in [-0.25, -0.2) is 9.67 Å². The van der Waals surface area contributed by atoms with Crippen molar-refractivity contribution in [3.8, 4) is 5.69 Å². The van der Waals surface area contributed by atoms with E-state index in [9.17, 15) is 10.1 Å². The Hall–Kier alpha value is -3.29. The summed E-state index contributed by atoms with van der Waals surface area (Å²) in [6, 6.07) is 12.2. The van der Waals surface area contributed by atoms with Crippen LogP contribution in [-0.2, 0) is 0 Å². The Morgan fingerprint density at radius 2 is 2.00 bits per heavy atom. The molecule has 0 saturated heterocycles. The summed E-state index contributed by atoms with van der Waals surface area (Å²) in [5, 5.41) is 22.2. The summed E-state index contributed by atoms with van der Waals surface area (Å²) >= 11 is 0. The number of anilines is 1. The SMILES string of the molecule is CC(Nc1ncccc1[N+](=O)[O-])c1cn(-c2ccccc2)nn1. The maximum atomic E-state index is 11.0. The number of aromatic nitrogens is 4. The van der Waals surface area contributed by atoms with E-state index in [1.54, 1.807) is 10.9 Å². The zero-order valence-corrected chi connectivity index (χ0v) is 12.3. The van der Waals surface area contributed by atoms with Crippen molar-refractivity contribution in [2.45, 2.75) is 13.0 Å². The highest BCUT2D eigenvalue weighted by atomic mass is 16.6. The van der Waals surface area contributed by atoms with Crippen molar-refractivity contribution >= 4 is 11.5 Å². The first-order chi connectivity index (χ1) is 11.1. The van der Waals surface area contributed by atoms with Crippen LogP contribution in [0.4, 0.5) is 11.5 Å². The summed E-state index contributed by atoms with van der Waals surface area (Å²) < 4.78 is 1.65. The normalized spacial score (nSPS) is 11.9. The molecule has 1 unspecified atom stereocenters. The van der Waals surface area contributed by atoms with Crippen LogP contribution in [0.25, 0.3) is 5.69 Å². The molecule has 2 aromatic heterocycles. The third-order valence-electron chi connectivity index (χ3n) is 3.31. The topological polar surface area (TPSA) is 98.8 Å². The van der Waals surface area contributed by atoms with Crippen molar-refractivity contribution in [1.82, 2.24) is 20.0 Å². The van der Waals surface area contributed by atoms with Crippen LogP contribution in [0.5, 0.6) is 0 Å². The summed E-state index contributed by atoms with van der Waals surface area (Å²) in [6.45, 7) is 1.84. The maximum Gasteiger partial charge on any atom is 0.311 e. The Morgan fingerprint density at radius 1 is 1.22 bits per heavy atom. The van der Waals surface area contributed by atoms with Crippen LogP contribution in [0.1, 0.15) is 18.7 Å². The molecule has 1 atom stereocenters. The molecule has 1 N–H and O–H groups in total. The number of rotatable bonds is 5. The summed E-state index contributed by atoms with van der Waals surface area (Å²) in [6.07, 6.45) is 3.28.